The minimum absolute atomic E-state index is 0.118. The van der Waals surface area contributed by atoms with Crippen LogP contribution in [0, 0.1) is 24.7 Å². The number of nitrogens with zero attached hydrogens (tertiary/aromatic N) is 1. The molecule has 1 aromatic heterocycles. The van der Waals surface area contributed by atoms with Crippen molar-refractivity contribution in [2.75, 3.05) is 0 Å². The normalized spacial score (nSPS) is 29.9. The fourth-order valence-corrected chi connectivity index (χ4v) is 5.58. The van der Waals surface area contributed by atoms with Crippen LogP contribution in [0.2, 0.25) is 0 Å². The van der Waals surface area contributed by atoms with Crippen molar-refractivity contribution in [3.8, 4) is 17.6 Å². The average molecular weight is 406 g/mol. The van der Waals surface area contributed by atoms with Gasteiger partial charge < -0.3 is 14.9 Å². The minimum atomic E-state index is -1.29. The first-order valence-electron chi connectivity index (χ1n) is 10.9. The highest BCUT2D eigenvalue weighted by Crippen LogP contribution is 2.54. The second kappa shape index (κ2) is 8.06. The first-order chi connectivity index (χ1) is 14.4. The molecule has 0 bridgehead atoms. The minimum Gasteiger partial charge on any atom is -0.489 e. The summed E-state index contributed by atoms with van der Waals surface area (Å²) < 4.78 is 6.08. The van der Waals surface area contributed by atoms with Crippen LogP contribution in [0.5, 0.6) is 5.75 Å². The van der Waals surface area contributed by atoms with Crippen LogP contribution in [-0.4, -0.2) is 26.9 Å². The standard InChI is InChI=1S/C26H31NO3/c1-4-12-26(29)15-21-9-8-19-14-22(30-17-20-7-6-13-27-18(20)3)10-11-23(19)25(21,5-2)16-24(26)28/h6-7,10-11,13-14,21,24,28-29H,5,8-9,15-17H2,1-3H3/t21-,24?,25?,26+/m1/s1. The number of rotatable bonds is 4. The van der Waals surface area contributed by atoms with Gasteiger partial charge in [0.25, 0.3) is 0 Å². The van der Waals surface area contributed by atoms with Crippen molar-refractivity contribution in [3.63, 3.8) is 0 Å². The van der Waals surface area contributed by atoms with Crippen LogP contribution in [0.3, 0.4) is 0 Å². The van der Waals surface area contributed by atoms with Crippen LogP contribution in [-0.2, 0) is 18.4 Å². The molecule has 1 aromatic carbocycles. The Hall–Kier alpha value is -2.35. The van der Waals surface area contributed by atoms with E-state index in [1.807, 2.05) is 25.1 Å². The first-order valence-corrected chi connectivity index (χ1v) is 10.9. The third-order valence-electron chi connectivity index (χ3n) is 7.31. The monoisotopic (exact) mass is 405 g/mol. The number of hydrogen-bond acceptors (Lipinski definition) is 4. The lowest BCUT2D eigenvalue weighted by atomic mass is 9.52. The van der Waals surface area contributed by atoms with Gasteiger partial charge in [-0.2, -0.15) is 0 Å². The molecule has 2 unspecified atom stereocenters. The molecule has 4 nitrogen and oxygen atoms in total. The molecule has 1 saturated carbocycles. The summed E-state index contributed by atoms with van der Waals surface area (Å²) in [6.07, 6.45) is 4.92. The lowest BCUT2D eigenvalue weighted by Crippen LogP contribution is -2.57. The van der Waals surface area contributed by atoms with Crippen LogP contribution in [0.15, 0.2) is 36.5 Å². The van der Waals surface area contributed by atoms with Gasteiger partial charge in [0, 0.05) is 22.9 Å². The smallest absolute Gasteiger partial charge is 0.151 e. The molecule has 1 heterocycles. The number of pyridine rings is 1. The van der Waals surface area contributed by atoms with Gasteiger partial charge in [-0.15, -0.1) is 5.92 Å². The van der Waals surface area contributed by atoms with Gasteiger partial charge in [0.05, 0.1) is 6.10 Å². The zero-order valence-corrected chi connectivity index (χ0v) is 18.1. The number of aromatic nitrogens is 1. The summed E-state index contributed by atoms with van der Waals surface area (Å²) in [5.41, 5.74) is 3.27. The SMILES string of the molecule is CC#C[C@]1(O)C[C@H]2CCc3cc(OCc4cccnc4C)ccc3C2(CC)CC1O. The van der Waals surface area contributed by atoms with Gasteiger partial charge in [-0.05, 0) is 81.2 Å². The molecule has 0 spiro atoms. The molecule has 30 heavy (non-hydrogen) atoms. The number of benzene rings is 1. The highest BCUT2D eigenvalue weighted by atomic mass is 16.5. The number of aliphatic hydroxyl groups excluding tert-OH is 1. The molecule has 2 aliphatic carbocycles. The van der Waals surface area contributed by atoms with E-state index in [9.17, 15) is 10.2 Å². The van der Waals surface area contributed by atoms with Crippen molar-refractivity contribution < 1.29 is 14.9 Å². The summed E-state index contributed by atoms with van der Waals surface area (Å²) in [7, 11) is 0. The third-order valence-corrected chi connectivity index (χ3v) is 7.31. The zero-order chi connectivity index (χ0) is 21.4. The highest BCUT2D eigenvalue weighted by molar-refractivity contribution is 5.44. The van der Waals surface area contributed by atoms with E-state index in [2.05, 4.69) is 35.9 Å². The molecule has 1 fully saturated rings. The molecule has 4 rings (SSSR count). The van der Waals surface area contributed by atoms with Crippen LogP contribution in [0.1, 0.15) is 61.9 Å². The van der Waals surface area contributed by atoms with Crippen molar-refractivity contribution in [3.05, 3.63) is 58.9 Å². The molecule has 0 saturated heterocycles. The molecule has 158 valence electrons. The largest absolute Gasteiger partial charge is 0.489 e. The fraction of sp³-hybridized carbons (Fsp3) is 0.500. The Bertz CT molecular complexity index is 991. The Morgan fingerprint density at radius 1 is 1.27 bits per heavy atom. The van der Waals surface area contributed by atoms with Crippen molar-refractivity contribution in [2.45, 2.75) is 76.6 Å². The van der Waals surface area contributed by atoms with Gasteiger partial charge in [-0.25, -0.2) is 0 Å². The Kier molecular flexibility index (Phi) is 5.61. The second-order valence-corrected chi connectivity index (χ2v) is 8.82. The molecule has 2 N–H and O–H groups in total. The van der Waals surface area contributed by atoms with E-state index < -0.39 is 11.7 Å². The van der Waals surface area contributed by atoms with Gasteiger partial charge in [0.2, 0.25) is 0 Å². The molecule has 0 radical (unpaired) electrons. The van der Waals surface area contributed by atoms with Gasteiger partial charge in [0.15, 0.2) is 5.60 Å². The second-order valence-electron chi connectivity index (χ2n) is 8.82. The van der Waals surface area contributed by atoms with E-state index in [4.69, 9.17) is 4.74 Å². The third kappa shape index (κ3) is 3.51. The maximum absolute atomic E-state index is 10.9. The summed E-state index contributed by atoms with van der Waals surface area (Å²) in [4.78, 5) is 4.33. The van der Waals surface area contributed by atoms with Crippen LogP contribution in [0.25, 0.3) is 0 Å². The zero-order valence-electron chi connectivity index (χ0n) is 18.1. The number of ether oxygens (including phenoxy) is 1. The van der Waals surface area contributed by atoms with Crippen molar-refractivity contribution in [2.24, 2.45) is 5.92 Å². The van der Waals surface area contributed by atoms with E-state index in [-0.39, 0.29) is 5.41 Å². The van der Waals surface area contributed by atoms with E-state index in [0.717, 1.165) is 36.3 Å². The van der Waals surface area contributed by atoms with Crippen LogP contribution in [0.4, 0.5) is 0 Å². The van der Waals surface area contributed by atoms with E-state index in [1.54, 1.807) is 13.1 Å². The number of fused-ring (bicyclic) bond motifs is 3. The lowest BCUT2D eigenvalue weighted by molar-refractivity contribution is -0.106. The van der Waals surface area contributed by atoms with Crippen molar-refractivity contribution >= 4 is 0 Å². The summed E-state index contributed by atoms with van der Waals surface area (Å²) >= 11 is 0. The molecule has 2 aromatic rings. The Morgan fingerprint density at radius 2 is 2.10 bits per heavy atom. The molecular formula is C26H31NO3. The molecule has 2 aliphatic rings. The molecule has 4 heteroatoms. The van der Waals surface area contributed by atoms with Crippen molar-refractivity contribution in [1.82, 2.24) is 4.98 Å². The molecule has 0 amide bonds. The number of aryl methyl sites for hydroxylation is 2. The summed E-state index contributed by atoms with van der Waals surface area (Å²) in [6.45, 7) is 6.41. The molecule has 0 aliphatic heterocycles. The predicted molar refractivity (Wildman–Crippen MR) is 117 cm³/mol. The van der Waals surface area contributed by atoms with Gasteiger partial charge in [-0.1, -0.05) is 25.0 Å². The van der Waals surface area contributed by atoms with Crippen LogP contribution < -0.4 is 4.74 Å². The average Bonchev–Trinajstić information content (AvgIpc) is 2.74. The predicted octanol–water partition coefficient (Wildman–Crippen LogP) is 4.09. The first kappa shape index (κ1) is 20.9. The maximum atomic E-state index is 10.9. The van der Waals surface area contributed by atoms with E-state index >= 15 is 0 Å². The fourth-order valence-electron chi connectivity index (χ4n) is 5.58. The van der Waals surface area contributed by atoms with Gasteiger partial charge in [-0.3, -0.25) is 4.98 Å². The Labute approximate surface area is 179 Å². The van der Waals surface area contributed by atoms with Crippen molar-refractivity contribution in [1.29, 1.82) is 0 Å². The number of aliphatic hydroxyl groups is 2. The number of hydrogen-bond donors (Lipinski definition) is 2. The van der Waals surface area contributed by atoms with Crippen LogP contribution >= 0.6 is 0 Å². The highest BCUT2D eigenvalue weighted by Gasteiger charge is 2.54. The Morgan fingerprint density at radius 3 is 2.83 bits per heavy atom. The van der Waals surface area contributed by atoms with E-state index in [1.165, 1.54) is 11.1 Å². The summed E-state index contributed by atoms with van der Waals surface area (Å²) in [5, 5.41) is 21.8. The Balaban J connectivity index is 1.60. The summed E-state index contributed by atoms with van der Waals surface area (Å²) in [5.74, 6) is 6.88. The maximum Gasteiger partial charge on any atom is 0.151 e. The lowest BCUT2D eigenvalue weighted by Gasteiger charge is -2.53. The molecule has 4 atom stereocenters. The topological polar surface area (TPSA) is 62.6 Å². The summed E-state index contributed by atoms with van der Waals surface area (Å²) in [6, 6.07) is 10.4. The molecular weight excluding hydrogens is 374 g/mol. The van der Waals surface area contributed by atoms with Gasteiger partial charge in [0.1, 0.15) is 12.4 Å². The van der Waals surface area contributed by atoms with E-state index in [0.29, 0.717) is 25.4 Å². The van der Waals surface area contributed by atoms with Gasteiger partial charge >= 0.3 is 0 Å². The quantitative estimate of drug-likeness (QED) is 0.752.